The van der Waals surface area contributed by atoms with Gasteiger partial charge in [-0.3, -0.25) is 9.52 Å². The number of amides is 1. The summed E-state index contributed by atoms with van der Waals surface area (Å²) in [6, 6.07) is 17.6. The molecule has 1 amide bonds. The molecule has 3 aromatic rings. The molecule has 0 heterocycles. The smallest absolute Gasteiger partial charge is 0.263 e. The van der Waals surface area contributed by atoms with E-state index in [9.17, 15) is 13.2 Å². The summed E-state index contributed by atoms with van der Waals surface area (Å²) in [6.45, 7) is 1.83. The van der Waals surface area contributed by atoms with Crippen LogP contribution in [0.2, 0.25) is 10.0 Å². The molecule has 0 saturated heterocycles. The summed E-state index contributed by atoms with van der Waals surface area (Å²) in [5.74, 6) is -0.474. The lowest BCUT2D eigenvalue weighted by atomic mass is 10.1. The average molecular weight is 435 g/mol. The second kappa shape index (κ2) is 8.22. The van der Waals surface area contributed by atoms with E-state index in [2.05, 4.69) is 10.0 Å². The van der Waals surface area contributed by atoms with Crippen LogP contribution in [0.5, 0.6) is 0 Å². The number of hydrogen-bond acceptors (Lipinski definition) is 3. The number of anilines is 2. The van der Waals surface area contributed by atoms with E-state index in [1.54, 1.807) is 48.5 Å². The molecule has 3 rings (SSSR count). The summed E-state index contributed by atoms with van der Waals surface area (Å²) in [5.41, 5.74) is 1.91. The van der Waals surface area contributed by atoms with Crippen LogP contribution in [0.1, 0.15) is 15.9 Å². The first-order valence-electron chi connectivity index (χ1n) is 8.21. The van der Waals surface area contributed by atoms with Gasteiger partial charge < -0.3 is 5.32 Å². The molecule has 5 nitrogen and oxygen atoms in total. The van der Waals surface area contributed by atoms with Gasteiger partial charge in [0.25, 0.3) is 15.9 Å². The van der Waals surface area contributed by atoms with Gasteiger partial charge in [0.15, 0.2) is 0 Å². The molecular weight excluding hydrogens is 419 g/mol. The van der Waals surface area contributed by atoms with E-state index in [0.717, 1.165) is 5.56 Å². The molecule has 0 aliphatic carbocycles. The van der Waals surface area contributed by atoms with Crippen LogP contribution >= 0.6 is 23.2 Å². The highest BCUT2D eigenvalue weighted by Gasteiger charge is 2.20. The Bertz CT molecular complexity index is 1130. The first kappa shape index (κ1) is 20.2. The van der Waals surface area contributed by atoms with E-state index in [1.165, 1.54) is 18.2 Å². The van der Waals surface area contributed by atoms with Gasteiger partial charge >= 0.3 is 0 Å². The van der Waals surface area contributed by atoms with Crippen molar-refractivity contribution in [2.24, 2.45) is 0 Å². The fourth-order valence-corrected chi connectivity index (χ4v) is 4.25. The van der Waals surface area contributed by atoms with E-state index in [0.29, 0.717) is 16.4 Å². The molecule has 2 N–H and O–H groups in total. The molecule has 0 unspecified atom stereocenters. The Kier molecular flexibility index (Phi) is 5.93. The summed E-state index contributed by atoms with van der Waals surface area (Å²) in [5, 5.41) is 3.23. The first-order chi connectivity index (χ1) is 13.3. The van der Waals surface area contributed by atoms with Crippen molar-refractivity contribution in [2.75, 3.05) is 10.0 Å². The van der Waals surface area contributed by atoms with Gasteiger partial charge in [-0.1, -0.05) is 47.5 Å². The minimum Gasteiger partial charge on any atom is -0.322 e. The maximum Gasteiger partial charge on any atom is 0.263 e. The normalized spacial score (nSPS) is 11.1. The molecule has 3 aromatic carbocycles. The zero-order chi connectivity index (χ0) is 20.3. The van der Waals surface area contributed by atoms with Crippen molar-refractivity contribution < 1.29 is 13.2 Å². The van der Waals surface area contributed by atoms with Crippen molar-refractivity contribution in [3.05, 3.63) is 87.9 Å². The van der Waals surface area contributed by atoms with E-state index < -0.39 is 15.9 Å². The monoisotopic (exact) mass is 434 g/mol. The third-order valence-corrected chi connectivity index (χ3v) is 6.05. The molecule has 0 bridgehead atoms. The number of sulfonamides is 1. The minimum absolute atomic E-state index is 0.0129. The molecule has 0 aliphatic rings. The van der Waals surface area contributed by atoms with Crippen LogP contribution in [0.3, 0.4) is 0 Å². The van der Waals surface area contributed by atoms with Crippen molar-refractivity contribution in [1.29, 1.82) is 0 Å². The molecule has 0 aromatic heterocycles. The standard InChI is InChI=1S/C20H16Cl2N2O3S/c1-13-7-9-15(21)12-18(13)23-20(25)14-8-10-17(22)19(11-14)28(26,27)24-16-5-3-2-4-6-16/h2-12,24H,1H3,(H,23,25). The molecule has 28 heavy (non-hydrogen) atoms. The van der Waals surface area contributed by atoms with Gasteiger partial charge in [-0.2, -0.15) is 0 Å². The van der Waals surface area contributed by atoms with Crippen LogP contribution in [-0.2, 0) is 10.0 Å². The van der Waals surface area contributed by atoms with Crippen molar-refractivity contribution in [2.45, 2.75) is 11.8 Å². The fraction of sp³-hybridized carbons (Fsp3) is 0.0500. The lowest BCUT2D eigenvalue weighted by molar-refractivity contribution is 0.102. The summed E-state index contributed by atoms with van der Waals surface area (Å²) in [6.07, 6.45) is 0. The SMILES string of the molecule is Cc1ccc(Cl)cc1NC(=O)c1ccc(Cl)c(S(=O)(=O)Nc2ccccc2)c1. The highest BCUT2D eigenvalue weighted by atomic mass is 35.5. The van der Waals surface area contributed by atoms with E-state index >= 15 is 0 Å². The maximum atomic E-state index is 12.7. The van der Waals surface area contributed by atoms with E-state index in [-0.39, 0.29) is 15.5 Å². The topological polar surface area (TPSA) is 75.3 Å². The van der Waals surface area contributed by atoms with Crippen molar-refractivity contribution in [3.8, 4) is 0 Å². The van der Waals surface area contributed by atoms with E-state index in [1.807, 2.05) is 6.92 Å². The summed E-state index contributed by atoms with van der Waals surface area (Å²) < 4.78 is 27.9. The predicted molar refractivity (Wildman–Crippen MR) is 113 cm³/mol. The van der Waals surface area contributed by atoms with Gasteiger partial charge in [-0.25, -0.2) is 8.42 Å². The average Bonchev–Trinajstić information content (AvgIpc) is 2.65. The van der Waals surface area contributed by atoms with E-state index in [4.69, 9.17) is 23.2 Å². The number of hydrogen-bond donors (Lipinski definition) is 2. The number of carbonyl (C=O) groups excluding carboxylic acids is 1. The summed E-state index contributed by atoms with van der Waals surface area (Å²) in [4.78, 5) is 12.4. The van der Waals surface area contributed by atoms with Gasteiger partial charge in [0.05, 0.1) is 5.02 Å². The molecule has 0 atom stereocenters. The number of aryl methyl sites for hydroxylation is 1. The molecular formula is C20H16Cl2N2O3S. The Morgan fingerprint density at radius 1 is 0.929 bits per heavy atom. The van der Waals surface area contributed by atoms with Crippen molar-refractivity contribution in [3.63, 3.8) is 0 Å². The zero-order valence-electron chi connectivity index (χ0n) is 14.7. The molecule has 0 radical (unpaired) electrons. The number of benzene rings is 3. The van der Waals surface area contributed by atoms with Gasteiger partial charge in [0, 0.05) is 22.0 Å². The van der Waals surface area contributed by atoms with Gasteiger partial charge in [-0.15, -0.1) is 0 Å². The summed E-state index contributed by atoms with van der Waals surface area (Å²) >= 11 is 12.1. The number of nitrogens with one attached hydrogen (secondary N) is 2. The van der Waals surface area contributed by atoms with Crippen molar-refractivity contribution in [1.82, 2.24) is 0 Å². The minimum atomic E-state index is -3.97. The molecule has 8 heteroatoms. The highest BCUT2D eigenvalue weighted by molar-refractivity contribution is 7.92. The second-order valence-corrected chi connectivity index (χ2v) is 8.52. The number of halogens is 2. The third kappa shape index (κ3) is 4.65. The first-order valence-corrected chi connectivity index (χ1v) is 10.4. The Balaban J connectivity index is 1.90. The third-order valence-electron chi connectivity index (χ3n) is 3.96. The number of para-hydroxylation sites is 1. The molecule has 0 fully saturated rings. The fourth-order valence-electron chi connectivity index (χ4n) is 2.49. The quantitative estimate of drug-likeness (QED) is 0.567. The summed E-state index contributed by atoms with van der Waals surface area (Å²) in [7, 11) is -3.97. The zero-order valence-corrected chi connectivity index (χ0v) is 17.1. The van der Waals surface area contributed by atoms with Crippen molar-refractivity contribution >= 4 is 50.5 Å². The van der Waals surface area contributed by atoms with Crippen LogP contribution < -0.4 is 10.0 Å². The molecule has 0 aliphatic heterocycles. The largest absolute Gasteiger partial charge is 0.322 e. The van der Waals surface area contributed by atoms with Crippen LogP contribution in [0.25, 0.3) is 0 Å². The Morgan fingerprint density at radius 3 is 2.36 bits per heavy atom. The highest BCUT2D eigenvalue weighted by Crippen LogP contribution is 2.26. The lowest BCUT2D eigenvalue weighted by Gasteiger charge is -2.12. The molecule has 0 spiro atoms. The Morgan fingerprint density at radius 2 is 1.64 bits per heavy atom. The molecule has 144 valence electrons. The second-order valence-electron chi connectivity index (χ2n) is 6.03. The Labute approximate surface area is 173 Å². The van der Waals surface area contributed by atoms with Crippen LogP contribution in [-0.4, -0.2) is 14.3 Å². The lowest BCUT2D eigenvalue weighted by Crippen LogP contribution is -2.16. The van der Waals surface area contributed by atoms with Crippen LogP contribution in [0, 0.1) is 6.92 Å². The number of carbonyl (C=O) groups is 1. The molecule has 0 saturated carbocycles. The Hall–Kier alpha value is -2.54. The van der Waals surface area contributed by atoms with Crippen LogP contribution in [0.4, 0.5) is 11.4 Å². The maximum absolute atomic E-state index is 12.7. The predicted octanol–water partition coefficient (Wildman–Crippen LogP) is 5.35. The number of rotatable bonds is 5. The van der Waals surface area contributed by atoms with Gasteiger partial charge in [0.2, 0.25) is 0 Å². The van der Waals surface area contributed by atoms with Crippen LogP contribution in [0.15, 0.2) is 71.6 Å². The van der Waals surface area contributed by atoms with Gasteiger partial charge in [-0.05, 0) is 55.0 Å². The van der Waals surface area contributed by atoms with Gasteiger partial charge in [0.1, 0.15) is 4.90 Å².